The Hall–Kier alpha value is -1.93. The van der Waals surface area contributed by atoms with Gasteiger partial charge in [-0.3, -0.25) is 10.1 Å². The number of esters is 1. The highest BCUT2D eigenvalue weighted by molar-refractivity contribution is 9.10. The molecular weight excluding hydrogens is 360 g/mol. The molecule has 0 fully saturated rings. The zero-order valence-corrected chi connectivity index (χ0v) is 13.2. The van der Waals surface area contributed by atoms with E-state index in [4.69, 9.17) is 0 Å². The average Bonchev–Trinajstić information content (AvgIpc) is 2.49. The third-order valence-corrected chi connectivity index (χ3v) is 4.02. The maximum absolute atomic E-state index is 11.4. The Balaban J connectivity index is 2.36. The summed E-state index contributed by atoms with van der Waals surface area (Å²) in [7, 11) is 1.21. The third-order valence-electron chi connectivity index (χ3n) is 2.48. The Bertz CT molecular complexity index is 691. The Kier molecular flexibility index (Phi) is 4.92. The topological polar surface area (TPSA) is 82.3 Å². The summed E-state index contributed by atoms with van der Waals surface area (Å²) in [5, 5.41) is 11.3. The lowest BCUT2D eigenvalue weighted by atomic mass is 10.3. The zero-order valence-electron chi connectivity index (χ0n) is 10.8. The fourth-order valence-electron chi connectivity index (χ4n) is 1.49. The van der Waals surface area contributed by atoms with Gasteiger partial charge in [0, 0.05) is 21.6 Å². The first-order valence-corrected chi connectivity index (χ1v) is 7.28. The first-order valence-electron chi connectivity index (χ1n) is 5.67. The fourth-order valence-corrected chi connectivity index (χ4v) is 2.60. The molecule has 108 valence electrons. The van der Waals surface area contributed by atoms with Crippen LogP contribution in [0.2, 0.25) is 0 Å². The number of aromatic nitrogens is 1. The molecular formula is C13H9BrN2O4S. The lowest BCUT2D eigenvalue weighted by Gasteiger charge is -2.04. The molecule has 1 heterocycles. The minimum Gasteiger partial charge on any atom is -0.465 e. The normalized spacial score (nSPS) is 10.2. The number of hydrogen-bond acceptors (Lipinski definition) is 6. The van der Waals surface area contributed by atoms with E-state index >= 15 is 0 Å². The van der Waals surface area contributed by atoms with Crippen molar-refractivity contribution in [1.82, 2.24) is 4.98 Å². The van der Waals surface area contributed by atoms with Crippen LogP contribution >= 0.6 is 27.7 Å². The van der Waals surface area contributed by atoms with Crippen molar-refractivity contribution in [3.63, 3.8) is 0 Å². The van der Waals surface area contributed by atoms with Gasteiger partial charge in [0.15, 0.2) is 5.03 Å². The Morgan fingerprint density at radius 2 is 2.05 bits per heavy atom. The predicted octanol–water partition coefficient (Wildman–Crippen LogP) is 3.69. The van der Waals surface area contributed by atoms with Crippen LogP contribution in [0.5, 0.6) is 0 Å². The van der Waals surface area contributed by atoms with Crippen LogP contribution in [0.25, 0.3) is 0 Å². The molecule has 0 spiro atoms. The monoisotopic (exact) mass is 368 g/mol. The fraction of sp³-hybridized carbons (Fsp3) is 0.0769. The highest BCUT2D eigenvalue weighted by atomic mass is 79.9. The minimum absolute atomic E-state index is 0.0457. The van der Waals surface area contributed by atoms with Crippen LogP contribution in [0.1, 0.15) is 10.4 Å². The van der Waals surface area contributed by atoms with Crippen LogP contribution in [0.15, 0.2) is 50.9 Å². The maximum atomic E-state index is 11.4. The maximum Gasteiger partial charge on any atom is 0.339 e. The molecule has 2 rings (SSSR count). The summed E-state index contributed by atoms with van der Waals surface area (Å²) in [6.45, 7) is 0. The Morgan fingerprint density at radius 3 is 2.62 bits per heavy atom. The summed E-state index contributed by atoms with van der Waals surface area (Å²) >= 11 is 4.47. The largest absolute Gasteiger partial charge is 0.465 e. The van der Waals surface area contributed by atoms with Gasteiger partial charge in [-0.1, -0.05) is 27.7 Å². The molecule has 0 aliphatic rings. The number of halogens is 1. The van der Waals surface area contributed by atoms with E-state index < -0.39 is 10.9 Å². The Labute approximate surface area is 132 Å². The molecule has 0 amide bonds. The number of hydrogen-bond donors (Lipinski definition) is 0. The number of ether oxygens (including phenoxy) is 1. The highest BCUT2D eigenvalue weighted by Crippen LogP contribution is 2.34. The third kappa shape index (κ3) is 3.79. The zero-order chi connectivity index (χ0) is 15.4. The summed E-state index contributed by atoms with van der Waals surface area (Å²) in [6, 6.07) is 8.46. The second kappa shape index (κ2) is 6.68. The van der Waals surface area contributed by atoms with Gasteiger partial charge >= 0.3 is 11.7 Å². The van der Waals surface area contributed by atoms with Gasteiger partial charge in [0.25, 0.3) is 0 Å². The molecule has 0 bridgehead atoms. The van der Waals surface area contributed by atoms with Crippen molar-refractivity contribution in [3.8, 4) is 0 Å². The molecule has 0 atom stereocenters. The molecule has 0 saturated heterocycles. The number of carbonyl (C=O) groups is 1. The van der Waals surface area contributed by atoms with Crippen molar-refractivity contribution in [1.29, 1.82) is 0 Å². The second-order valence-electron chi connectivity index (χ2n) is 3.85. The highest BCUT2D eigenvalue weighted by Gasteiger charge is 2.20. The van der Waals surface area contributed by atoms with E-state index in [1.165, 1.54) is 19.4 Å². The van der Waals surface area contributed by atoms with Gasteiger partial charge in [0.2, 0.25) is 0 Å². The molecule has 2 aromatic rings. The van der Waals surface area contributed by atoms with Crippen LogP contribution in [0.4, 0.5) is 5.69 Å². The van der Waals surface area contributed by atoms with Crippen LogP contribution in [-0.2, 0) is 4.74 Å². The molecule has 1 aromatic heterocycles. The smallest absolute Gasteiger partial charge is 0.339 e. The van der Waals surface area contributed by atoms with Crippen LogP contribution in [0, 0.1) is 10.1 Å². The minimum atomic E-state index is -0.661. The summed E-state index contributed by atoms with van der Waals surface area (Å²) in [5.41, 5.74) is -0.185. The van der Waals surface area contributed by atoms with Crippen LogP contribution in [0.3, 0.4) is 0 Å². The molecule has 8 heteroatoms. The van der Waals surface area contributed by atoms with E-state index in [0.29, 0.717) is 0 Å². The van der Waals surface area contributed by atoms with Gasteiger partial charge in [-0.2, -0.15) is 0 Å². The van der Waals surface area contributed by atoms with E-state index in [1.54, 1.807) is 0 Å². The van der Waals surface area contributed by atoms with Crippen molar-refractivity contribution in [2.24, 2.45) is 0 Å². The van der Waals surface area contributed by atoms with Gasteiger partial charge in [0.1, 0.15) is 0 Å². The number of methoxy groups -OCH3 is 1. The van der Waals surface area contributed by atoms with E-state index in [-0.39, 0.29) is 16.3 Å². The predicted molar refractivity (Wildman–Crippen MR) is 80.5 cm³/mol. The van der Waals surface area contributed by atoms with Gasteiger partial charge in [-0.25, -0.2) is 9.78 Å². The first-order chi connectivity index (χ1) is 10.0. The van der Waals surface area contributed by atoms with Gasteiger partial charge in [0.05, 0.1) is 17.6 Å². The molecule has 21 heavy (non-hydrogen) atoms. The summed E-state index contributed by atoms with van der Waals surface area (Å²) in [4.78, 5) is 26.8. The summed E-state index contributed by atoms with van der Waals surface area (Å²) < 4.78 is 5.44. The lowest BCUT2D eigenvalue weighted by Crippen LogP contribution is -2.04. The molecule has 0 saturated carbocycles. The molecule has 1 aromatic carbocycles. The van der Waals surface area contributed by atoms with E-state index in [9.17, 15) is 14.9 Å². The van der Waals surface area contributed by atoms with Crippen molar-refractivity contribution in [2.45, 2.75) is 9.92 Å². The number of pyridine rings is 1. The molecule has 0 radical (unpaired) electrons. The quantitative estimate of drug-likeness (QED) is 0.464. The van der Waals surface area contributed by atoms with E-state index in [2.05, 4.69) is 25.7 Å². The summed E-state index contributed by atoms with van der Waals surface area (Å²) in [6.07, 6.45) is 1.26. The second-order valence-corrected chi connectivity index (χ2v) is 5.83. The molecule has 0 unspecified atom stereocenters. The number of nitrogens with zero attached hydrogens (tertiary/aromatic N) is 2. The number of nitro groups is 1. The molecule has 0 N–H and O–H groups in total. The van der Waals surface area contributed by atoms with E-state index in [1.807, 2.05) is 24.3 Å². The molecule has 0 aliphatic carbocycles. The van der Waals surface area contributed by atoms with Crippen molar-refractivity contribution in [2.75, 3.05) is 7.11 Å². The van der Waals surface area contributed by atoms with Crippen LogP contribution in [-0.4, -0.2) is 23.0 Å². The number of carbonyl (C=O) groups excluding carboxylic acids is 1. The SMILES string of the molecule is COC(=O)c1cnc(Sc2ccc(Br)cc2)c([N+](=O)[O-])c1. The standard InChI is InChI=1S/C13H9BrN2O4S/c1-20-13(17)8-6-11(16(18)19)12(15-7-8)21-10-4-2-9(14)3-5-10/h2-7H,1H3. The molecule has 0 aliphatic heterocycles. The van der Waals surface area contributed by atoms with Gasteiger partial charge in [-0.15, -0.1) is 0 Å². The van der Waals surface area contributed by atoms with Crippen molar-refractivity contribution >= 4 is 39.3 Å². The van der Waals surface area contributed by atoms with Gasteiger partial charge in [-0.05, 0) is 24.3 Å². The first kappa shape index (κ1) is 15.5. The summed E-state index contributed by atoms with van der Waals surface area (Å²) in [5.74, 6) is -0.661. The van der Waals surface area contributed by atoms with E-state index in [0.717, 1.165) is 21.1 Å². The number of rotatable bonds is 4. The van der Waals surface area contributed by atoms with Gasteiger partial charge < -0.3 is 4.74 Å². The number of benzene rings is 1. The molecule has 6 nitrogen and oxygen atoms in total. The van der Waals surface area contributed by atoms with Crippen LogP contribution < -0.4 is 0 Å². The van der Waals surface area contributed by atoms with Crippen molar-refractivity contribution < 1.29 is 14.5 Å². The lowest BCUT2D eigenvalue weighted by molar-refractivity contribution is -0.388. The van der Waals surface area contributed by atoms with Crippen molar-refractivity contribution in [3.05, 3.63) is 56.7 Å². The Morgan fingerprint density at radius 1 is 1.38 bits per heavy atom. The average molecular weight is 369 g/mol.